The van der Waals surface area contributed by atoms with Gasteiger partial charge in [-0.1, -0.05) is 36.4 Å². The van der Waals surface area contributed by atoms with Crippen LogP contribution >= 0.6 is 0 Å². The second-order valence-corrected chi connectivity index (χ2v) is 7.47. The van der Waals surface area contributed by atoms with Crippen molar-refractivity contribution in [3.8, 4) is 0 Å². The molecule has 2 aromatic carbocycles. The van der Waals surface area contributed by atoms with Crippen molar-refractivity contribution in [2.75, 3.05) is 29.9 Å². The fraction of sp³-hybridized carbons (Fsp3) is 0.409. The Labute approximate surface area is 155 Å². The summed E-state index contributed by atoms with van der Waals surface area (Å²) in [5, 5.41) is 3.71. The molecule has 2 heterocycles. The molecule has 1 atom stereocenters. The van der Waals surface area contributed by atoms with Crippen LogP contribution in [0, 0.1) is 0 Å². The van der Waals surface area contributed by atoms with Crippen LogP contribution < -0.4 is 10.2 Å². The molecule has 1 saturated heterocycles. The molecule has 0 aliphatic carbocycles. The number of carbonyl (C=O) groups is 1. The molecule has 0 radical (unpaired) electrons. The molecule has 0 bridgehead atoms. The van der Waals surface area contributed by atoms with Crippen LogP contribution in [0.5, 0.6) is 0 Å². The largest absolute Gasteiger partial charge is 0.381 e. The number of benzene rings is 2. The number of hydrogen-bond acceptors (Lipinski definition) is 3. The van der Waals surface area contributed by atoms with Gasteiger partial charge in [0.25, 0.3) is 0 Å². The van der Waals surface area contributed by atoms with Crippen LogP contribution in [-0.4, -0.2) is 36.5 Å². The van der Waals surface area contributed by atoms with Gasteiger partial charge >= 0.3 is 0 Å². The summed E-state index contributed by atoms with van der Waals surface area (Å²) in [5.74, 6) is 0.132. The predicted octanol–water partition coefficient (Wildman–Crippen LogP) is 3.67. The first-order chi connectivity index (χ1) is 12.7. The van der Waals surface area contributed by atoms with E-state index in [-0.39, 0.29) is 5.91 Å². The van der Waals surface area contributed by atoms with E-state index in [0.717, 1.165) is 44.0 Å². The molecule has 136 valence electrons. The van der Waals surface area contributed by atoms with E-state index in [4.69, 9.17) is 0 Å². The van der Waals surface area contributed by atoms with Crippen LogP contribution in [0.2, 0.25) is 0 Å². The third kappa shape index (κ3) is 3.75. The van der Waals surface area contributed by atoms with E-state index < -0.39 is 0 Å². The highest BCUT2D eigenvalue weighted by atomic mass is 16.2. The summed E-state index contributed by atoms with van der Waals surface area (Å²) in [7, 11) is 0. The van der Waals surface area contributed by atoms with Crippen molar-refractivity contribution in [1.82, 2.24) is 4.90 Å². The Morgan fingerprint density at radius 3 is 2.81 bits per heavy atom. The molecule has 0 spiro atoms. The Morgan fingerprint density at radius 2 is 2.00 bits per heavy atom. The third-order valence-electron chi connectivity index (χ3n) is 5.49. The maximum atomic E-state index is 11.8. The first-order valence-electron chi connectivity index (χ1n) is 9.63. The van der Waals surface area contributed by atoms with Crippen molar-refractivity contribution in [1.29, 1.82) is 0 Å². The lowest BCUT2D eigenvalue weighted by atomic mass is 10.0. The Bertz CT molecular complexity index is 774. The molecule has 2 aliphatic rings. The molecular formula is C22H27N3O. The number of likely N-dealkylation sites (tertiary alicyclic amines) is 1. The van der Waals surface area contributed by atoms with Gasteiger partial charge in [0.15, 0.2) is 0 Å². The standard InChI is InChI=1S/C22H27N3O/c1-17(26)25-13-11-19-9-10-20(14-22(19)25)23-21-8-5-12-24(16-21)15-18-6-3-2-4-7-18/h2-4,6-7,9-10,14,21,23H,5,8,11-13,15-16H2,1H3. The number of carbonyl (C=O) groups excluding carboxylic acids is 1. The predicted molar refractivity (Wildman–Crippen MR) is 107 cm³/mol. The molecule has 1 fully saturated rings. The minimum Gasteiger partial charge on any atom is -0.381 e. The van der Waals surface area contributed by atoms with Crippen molar-refractivity contribution >= 4 is 17.3 Å². The Hall–Kier alpha value is -2.33. The number of anilines is 2. The normalized spacial score (nSPS) is 20.0. The second kappa shape index (κ2) is 7.50. The average Bonchev–Trinajstić information content (AvgIpc) is 3.06. The van der Waals surface area contributed by atoms with E-state index in [1.54, 1.807) is 6.92 Å². The zero-order valence-electron chi connectivity index (χ0n) is 15.4. The van der Waals surface area contributed by atoms with Crippen LogP contribution in [0.3, 0.4) is 0 Å². The van der Waals surface area contributed by atoms with Gasteiger partial charge in [0.2, 0.25) is 5.91 Å². The maximum absolute atomic E-state index is 11.8. The highest BCUT2D eigenvalue weighted by molar-refractivity contribution is 5.94. The lowest BCUT2D eigenvalue weighted by molar-refractivity contribution is -0.116. The zero-order chi connectivity index (χ0) is 17.9. The number of piperidine rings is 1. The van der Waals surface area contributed by atoms with Crippen LogP contribution in [0.25, 0.3) is 0 Å². The van der Waals surface area contributed by atoms with Gasteiger partial charge in [-0.3, -0.25) is 9.69 Å². The summed E-state index contributed by atoms with van der Waals surface area (Å²) < 4.78 is 0. The number of nitrogens with one attached hydrogen (secondary N) is 1. The Balaban J connectivity index is 1.41. The van der Waals surface area contributed by atoms with Crippen molar-refractivity contribution in [2.24, 2.45) is 0 Å². The van der Waals surface area contributed by atoms with Crippen LogP contribution in [0.1, 0.15) is 30.9 Å². The van der Waals surface area contributed by atoms with Crippen molar-refractivity contribution in [3.05, 3.63) is 59.7 Å². The Kier molecular flexibility index (Phi) is 4.93. The SMILES string of the molecule is CC(=O)N1CCc2ccc(NC3CCCN(Cc4ccccc4)C3)cc21. The molecule has 0 aromatic heterocycles. The van der Waals surface area contributed by atoms with Gasteiger partial charge in [-0.2, -0.15) is 0 Å². The van der Waals surface area contributed by atoms with Crippen molar-refractivity contribution in [2.45, 2.75) is 38.8 Å². The summed E-state index contributed by atoms with van der Waals surface area (Å²) in [6.07, 6.45) is 3.37. The molecule has 2 aliphatic heterocycles. The lowest BCUT2D eigenvalue weighted by Crippen LogP contribution is -2.41. The third-order valence-corrected chi connectivity index (χ3v) is 5.49. The molecule has 4 heteroatoms. The maximum Gasteiger partial charge on any atom is 0.223 e. The van der Waals surface area contributed by atoms with E-state index in [9.17, 15) is 4.79 Å². The van der Waals surface area contributed by atoms with E-state index in [0.29, 0.717) is 6.04 Å². The Morgan fingerprint density at radius 1 is 1.15 bits per heavy atom. The fourth-order valence-corrected chi connectivity index (χ4v) is 4.19. The van der Waals surface area contributed by atoms with Gasteiger partial charge in [-0.05, 0) is 49.1 Å². The highest BCUT2D eigenvalue weighted by Gasteiger charge is 2.24. The number of nitrogens with zero attached hydrogens (tertiary/aromatic N) is 2. The molecular weight excluding hydrogens is 322 g/mol. The lowest BCUT2D eigenvalue weighted by Gasteiger charge is -2.34. The van der Waals surface area contributed by atoms with Crippen LogP contribution in [-0.2, 0) is 17.8 Å². The van der Waals surface area contributed by atoms with Gasteiger partial charge in [-0.25, -0.2) is 0 Å². The monoisotopic (exact) mass is 349 g/mol. The fourth-order valence-electron chi connectivity index (χ4n) is 4.19. The summed E-state index contributed by atoms with van der Waals surface area (Å²) in [6, 6.07) is 17.6. The van der Waals surface area contributed by atoms with Crippen LogP contribution in [0.15, 0.2) is 48.5 Å². The molecule has 1 unspecified atom stereocenters. The first-order valence-corrected chi connectivity index (χ1v) is 9.63. The quantitative estimate of drug-likeness (QED) is 0.915. The smallest absolute Gasteiger partial charge is 0.223 e. The highest BCUT2D eigenvalue weighted by Crippen LogP contribution is 2.31. The number of amides is 1. The summed E-state index contributed by atoms with van der Waals surface area (Å²) in [6.45, 7) is 5.69. The van der Waals surface area contributed by atoms with Gasteiger partial charge in [0, 0.05) is 44.0 Å². The molecule has 0 saturated carbocycles. The average molecular weight is 349 g/mol. The molecule has 4 nitrogen and oxygen atoms in total. The minimum atomic E-state index is 0.132. The van der Waals surface area contributed by atoms with Crippen molar-refractivity contribution < 1.29 is 4.79 Å². The van der Waals surface area contributed by atoms with E-state index in [1.165, 1.54) is 24.0 Å². The summed E-state index contributed by atoms with van der Waals surface area (Å²) >= 11 is 0. The van der Waals surface area contributed by atoms with Crippen molar-refractivity contribution in [3.63, 3.8) is 0 Å². The molecule has 1 N–H and O–H groups in total. The molecule has 2 aromatic rings. The van der Waals surface area contributed by atoms with E-state index >= 15 is 0 Å². The minimum absolute atomic E-state index is 0.132. The summed E-state index contributed by atoms with van der Waals surface area (Å²) in [4.78, 5) is 16.3. The number of rotatable bonds is 4. The van der Waals surface area contributed by atoms with Gasteiger partial charge in [0.1, 0.15) is 0 Å². The first kappa shape index (κ1) is 17.1. The number of hydrogen-bond donors (Lipinski definition) is 1. The summed E-state index contributed by atoms with van der Waals surface area (Å²) in [5.41, 5.74) is 4.87. The van der Waals surface area contributed by atoms with E-state index in [2.05, 4.69) is 58.7 Å². The molecule has 26 heavy (non-hydrogen) atoms. The van der Waals surface area contributed by atoms with Gasteiger partial charge < -0.3 is 10.2 Å². The topological polar surface area (TPSA) is 35.6 Å². The van der Waals surface area contributed by atoms with Gasteiger partial charge in [-0.15, -0.1) is 0 Å². The second-order valence-electron chi connectivity index (χ2n) is 7.47. The molecule has 4 rings (SSSR count). The number of fused-ring (bicyclic) bond motifs is 1. The van der Waals surface area contributed by atoms with Gasteiger partial charge in [0.05, 0.1) is 0 Å². The zero-order valence-corrected chi connectivity index (χ0v) is 15.4. The van der Waals surface area contributed by atoms with Crippen LogP contribution in [0.4, 0.5) is 11.4 Å². The van der Waals surface area contributed by atoms with E-state index in [1.807, 2.05) is 4.90 Å². The molecule has 1 amide bonds.